The predicted octanol–water partition coefficient (Wildman–Crippen LogP) is 3.08. The van der Waals surface area contributed by atoms with Crippen molar-refractivity contribution in [2.45, 2.75) is 27.7 Å². The van der Waals surface area contributed by atoms with Crippen molar-refractivity contribution in [3.05, 3.63) is 30.0 Å². The van der Waals surface area contributed by atoms with Crippen LogP contribution in [-0.4, -0.2) is 25.7 Å². The highest BCUT2D eigenvalue weighted by molar-refractivity contribution is 5.97. The van der Waals surface area contributed by atoms with Crippen molar-refractivity contribution < 1.29 is 14.3 Å². The average Bonchev–Trinajstić information content (AvgIpc) is 2.56. The molecule has 0 aliphatic heterocycles. The van der Waals surface area contributed by atoms with Crippen molar-refractivity contribution in [1.82, 2.24) is 5.32 Å². The third kappa shape index (κ3) is 6.21. The van der Waals surface area contributed by atoms with Crippen LogP contribution in [0.25, 0.3) is 0 Å². The van der Waals surface area contributed by atoms with E-state index in [0.717, 1.165) is 0 Å². The summed E-state index contributed by atoms with van der Waals surface area (Å²) in [5.41, 5.74) is 0.716. The third-order valence-electron chi connectivity index (χ3n) is 2.96. The molecule has 1 aromatic carbocycles. The summed E-state index contributed by atoms with van der Waals surface area (Å²) >= 11 is 0. The fraction of sp³-hybridized carbons (Fsp3) is 0.444. The number of rotatable bonds is 9. The van der Waals surface area contributed by atoms with Crippen LogP contribution < -0.4 is 20.1 Å². The number of nitrogens with zero attached hydrogens (tertiary/aromatic N) is 1. The van der Waals surface area contributed by atoms with E-state index < -0.39 is 5.91 Å². The largest absolute Gasteiger partial charge is 0.490 e. The summed E-state index contributed by atoms with van der Waals surface area (Å²) in [5, 5.41) is 14.8. The number of carbonyl (C=O) groups is 1. The van der Waals surface area contributed by atoms with Gasteiger partial charge in [-0.25, -0.2) is 0 Å². The molecule has 0 saturated carbocycles. The average molecular weight is 331 g/mol. The molecule has 2 N–H and O–H groups in total. The quantitative estimate of drug-likeness (QED) is 0.537. The Morgan fingerprint density at radius 2 is 1.92 bits per heavy atom. The molecule has 0 aromatic heterocycles. The molecule has 0 fully saturated rings. The summed E-state index contributed by atoms with van der Waals surface area (Å²) in [4.78, 5) is 11.9. The van der Waals surface area contributed by atoms with Crippen LogP contribution in [0, 0.1) is 17.2 Å². The van der Waals surface area contributed by atoms with E-state index in [1.807, 2.05) is 33.8 Å². The number of hydrogen-bond acceptors (Lipinski definition) is 5. The van der Waals surface area contributed by atoms with Crippen LogP contribution in [0.5, 0.6) is 11.5 Å². The first-order valence-electron chi connectivity index (χ1n) is 8.06. The summed E-state index contributed by atoms with van der Waals surface area (Å²) in [6.07, 6.45) is 1.39. The Labute approximate surface area is 143 Å². The SMILES string of the molecule is CCOc1ccc(N/C=C(/C#N)C(=O)NCC(C)C)cc1OCC. The highest BCUT2D eigenvalue weighted by atomic mass is 16.5. The Bertz CT molecular complexity index is 618. The Morgan fingerprint density at radius 1 is 1.25 bits per heavy atom. The van der Waals surface area contributed by atoms with E-state index in [-0.39, 0.29) is 5.57 Å². The zero-order valence-corrected chi connectivity index (χ0v) is 14.7. The summed E-state index contributed by atoms with van der Waals surface area (Å²) < 4.78 is 11.0. The number of ether oxygens (including phenoxy) is 2. The van der Waals surface area contributed by atoms with Gasteiger partial charge in [-0.15, -0.1) is 0 Å². The second-order valence-corrected chi connectivity index (χ2v) is 5.45. The molecule has 130 valence electrons. The van der Waals surface area contributed by atoms with Crippen LogP contribution in [0.15, 0.2) is 30.0 Å². The van der Waals surface area contributed by atoms with Gasteiger partial charge in [0, 0.05) is 24.5 Å². The molecule has 1 aromatic rings. The second kappa shape index (κ2) is 10.2. The fourth-order valence-electron chi connectivity index (χ4n) is 1.84. The van der Waals surface area contributed by atoms with Crippen molar-refractivity contribution in [2.24, 2.45) is 5.92 Å². The van der Waals surface area contributed by atoms with E-state index in [1.165, 1.54) is 6.20 Å². The van der Waals surface area contributed by atoms with Crippen molar-refractivity contribution >= 4 is 11.6 Å². The fourth-order valence-corrected chi connectivity index (χ4v) is 1.84. The van der Waals surface area contributed by atoms with Crippen LogP contribution in [-0.2, 0) is 4.79 Å². The van der Waals surface area contributed by atoms with Gasteiger partial charge in [0.25, 0.3) is 5.91 Å². The van der Waals surface area contributed by atoms with Gasteiger partial charge in [-0.1, -0.05) is 13.8 Å². The topological polar surface area (TPSA) is 83.4 Å². The Kier molecular flexibility index (Phi) is 8.20. The molecule has 0 bridgehead atoms. The lowest BCUT2D eigenvalue weighted by Crippen LogP contribution is -2.28. The van der Waals surface area contributed by atoms with Crippen LogP contribution in [0.1, 0.15) is 27.7 Å². The van der Waals surface area contributed by atoms with Crippen molar-refractivity contribution in [3.63, 3.8) is 0 Å². The molecular formula is C18H25N3O3. The molecule has 0 unspecified atom stereocenters. The standard InChI is InChI=1S/C18H25N3O3/c1-5-23-16-8-7-15(9-17(16)24-6-2)20-12-14(10-19)18(22)21-11-13(3)4/h7-9,12-13,20H,5-6,11H2,1-4H3,(H,21,22)/b14-12-. The molecule has 0 aliphatic rings. The van der Waals surface area contributed by atoms with Crippen LogP contribution in [0.3, 0.4) is 0 Å². The molecule has 0 saturated heterocycles. The maximum Gasteiger partial charge on any atom is 0.263 e. The lowest BCUT2D eigenvalue weighted by atomic mass is 10.2. The van der Waals surface area contributed by atoms with Crippen molar-refractivity contribution in [3.8, 4) is 17.6 Å². The molecule has 6 nitrogen and oxygen atoms in total. The highest BCUT2D eigenvalue weighted by Gasteiger charge is 2.10. The number of benzene rings is 1. The summed E-state index contributed by atoms with van der Waals surface area (Å²) in [5.74, 6) is 1.20. The number of nitrogens with one attached hydrogen (secondary N) is 2. The van der Waals surface area contributed by atoms with Gasteiger partial charge in [-0.05, 0) is 31.9 Å². The lowest BCUT2D eigenvalue weighted by molar-refractivity contribution is -0.117. The zero-order chi connectivity index (χ0) is 17.9. The minimum atomic E-state index is -0.394. The second-order valence-electron chi connectivity index (χ2n) is 5.45. The molecule has 1 amide bonds. The van der Waals surface area contributed by atoms with Gasteiger partial charge in [-0.2, -0.15) is 5.26 Å². The smallest absolute Gasteiger partial charge is 0.263 e. The first-order chi connectivity index (χ1) is 11.5. The first-order valence-corrected chi connectivity index (χ1v) is 8.06. The van der Waals surface area contributed by atoms with Gasteiger partial charge < -0.3 is 20.1 Å². The van der Waals surface area contributed by atoms with E-state index in [2.05, 4.69) is 10.6 Å². The van der Waals surface area contributed by atoms with E-state index in [4.69, 9.17) is 14.7 Å². The maximum absolute atomic E-state index is 11.9. The highest BCUT2D eigenvalue weighted by Crippen LogP contribution is 2.30. The number of anilines is 1. The monoisotopic (exact) mass is 331 g/mol. The zero-order valence-electron chi connectivity index (χ0n) is 14.7. The van der Waals surface area contributed by atoms with Gasteiger partial charge in [0.1, 0.15) is 11.6 Å². The number of carbonyl (C=O) groups excluding carboxylic acids is 1. The minimum absolute atomic E-state index is 0.0162. The molecule has 0 atom stereocenters. The summed E-state index contributed by atoms with van der Waals surface area (Å²) in [6, 6.07) is 7.25. The van der Waals surface area contributed by atoms with Crippen LogP contribution >= 0.6 is 0 Å². The van der Waals surface area contributed by atoms with Crippen LogP contribution in [0.4, 0.5) is 5.69 Å². The normalized spacial score (nSPS) is 10.9. The van der Waals surface area contributed by atoms with Gasteiger partial charge in [0.05, 0.1) is 13.2 Å². The number of hydrogen-bond donors (Lipinski definition) is 2. The Balaban J connectivity index is 2.85. The first kappa shape index (κ1) is 19.4. The third-order valence-corrected chi connectivity index (χ3v) is 2.96. The molecule has 6 heteroatoms. The van der Waals surface area contributed by atoms with Gasteiger partial charge in [0.15, 0.2) is 11.5 Å². The van der Waals surface area contributed by atoms with E-state index in [9.17, 15) is 4.79 Å². The maximum atomic E-state index is 11.9. The lowest BCUT2D eigenvalue weighted by Gasteiger charge is -2.12. The van der Waals surface area contributed by atoms with E-state index in [1.54, 1.807) is 18.2 Å². The van der Waals surface area contributed by atoms with Gasteiger partial charge in [0.2, 0.25) is 0 Å². The molecule has 0 aliphatic carbocycles. The predicted molar refractivity (Wildman–Crippen MR) is 93.9 cm³/mol. The van der Waals surface area contributed by atoms with Crippen molar-refractivity contribution in [1.29, 1.82) is 5.26 Å². The molecule has 0 heterocycles. The molecule has 0 radical (unpaired) electrons. The van der Waals surface area contributed by atoms with Gasteiger partial charge in [-0.3, -0.25) is 4.79 Å². The number of nitriles is 1. The molecule has 0 spiro atoms. The Morgan fingerprint density at radius 3 is 2.50 bits per heavy atom. The summed E-state index contributed by atoms with van der Waals surface area (Å²) in [6.45, 7) is 9.35. The Hall–Kier alpha value is -2.68. The molecule has 24 heavy (non-hydrogen) atoms. The molecular weight excluding hydrogens is 306 g/mol. The van der Waals surface area contributed by atoms with Crippen molar-refractivity contribution in [2.75, 3.05) is 25.1 Å². The molecule has 1 rings (SSSR count). The minimum Gasteiger partial charge on any atom is -0.490 e. The van der Waals surface area contributed by atoms with Crippen LogP contribution in [0.2, 0.25) is 0 Å². The summed E-state index contributed by atoms with van der Waals surface area (Å²) in [7, 11) is 0. The van der Waals surface area contributed by atoms with Gasteiger partial charge >= 0.3 is 0 Å². The number of amides is 1. The van der Waals surface area contributed by atoms with E-state index >= 15 is 0 Å². The van der Waals surface area contributed by atoms with E-state index in [0.29, 0.717) is 42.9 Å².